The summed E-state index contributed by atoms with van der Waals surface area (Å²) in [5.74, 6) is 0.929. The molecular formula is C19H27N3. The maximum absolute atomic E-state index is 8.84. The van der Waals surface area contributed by atoms with E-state index in [1.807, 2.05) is 12.1 Å². The van der Waals surface area contributed by atoms with E-state index >= 15 is 0 Å². The van der Waals surface area contributed by atoms with E-state index in [9.17, 15) is 0 Å². The molecule has 0 spiro atoms. The van der Waals surface area contributed by atoms with E-state index in [0.717, 1.165) is 18.0 Å². The van der Waals surface area contributed by atoms with E-state index < -0.39 is 0 Å². The van der Waals surface area contributed by atoms with Crippen molar-refractivity contribution in [3.63, 3.8) is 0 Å². The van der Waals surface area contributed by atoms with Gasteiger partial charge in [-0.1, -0.05) is 12.1 Å². The van der Waals surface area contributed by atoms with Gasteiger partial charge in [0.2, 0.25) is 0 Å². The Hall–Kier alpha value is -1.37. The van der Waals surface area contributed by atoms with Crippen molar-refractivity contribution in [1.82, 2.24) is 9.80 Å². The molecule has 0 saturated carbocycles. The van der Waals surface area contributed by atoms with Crippen molar-refractivity contribution in [3.8, 4) is 6.07 Å². The zero-order chi connectivity index (χ0) is 15.2. The number of piperidine rings is 1. The SMILES string of the molecule is N#Cc1ccc(CN2CCC(CCN3CCCC3)CC2)cc1. The highest BCUT2D eigenvalue weighted by Gasteiger charge is 2.20. The van der Waals surface area contributed by atoms with Gasteiger partial charge in [0.25, 0.3) is 0 Å². The summed E-state index contributed by atoms with van der Waals surface area (Å²) in [6.45, 7) is 7.47. The molecule has 0 unspecified atom stereocenters. The Morgan fingerprint density at radius 1 is 0.955 bits per heavy atom. The number of nitrogens with zero attached hydrogens (tertiary/aromatic N) is 3. The molecule has 0 bridgehead atoms. The minimum atomic E-state index is 0.754. The van der Waals surface area contributed by atoms with Crippen molar-refractivity contribution in [2.24, 2.45) is 5.92 Å². The summed E-state index contributed by atoms with van der Waals surface area (Å²) in [6, 6.07) is 10.2. The highest BCUT2D eigenvalue weighted by atomic mass is 15.1. The molecule has 0 aromatic heterocycles. The van der Waals surface area contributed by atoms with Crippen LogP contribution in [0.1, 0.15) is 43.2 Å². The third kappa shape index (κ3) is 4.32. The van der Waals surface area contributed by atoms with Crippen LogP contribution in [0.25, 0.3) is 0 Å². The second-order valence-electron chi connectivity index (χ2n) is 6.87. The average Bonchev–Trinajstić information content (AvgIpc) is 3.08. The lowest BCUT2D eigenvalue weighted by Crippen LogP contribution is -2.34. The molecule has 2 aliphatic rings. The number of likely N-dealkylation sites (tertiary alicyclic amines) is 2. The normalized spacial score (nSPS) is 21.0. The van der Waals surface area contributed by atoms with Crippen LogP contribution in [0.5, 0.6) is 0 Å². The van der Waals surface area contributed by atoms with Gasteiger partial charge in [-0.2, -0.15) is 5.26 Å². The molecule has 0 atom stereocenters. The van der Waals surface area contributed by atoms with Gasteiger partial charge in [-0.15, -0.1) is 0 Å². The minimum absolute atomic E-state index is 0.754. The molecule has 3 heteroatoms. The van der Waals surface area contributed by atoms with Crippen molar-refractivity contribution in [3.05, 3.63) is 35.4 Å². The maximum atomic E-state index is 8.84. The van der Waals surface area contributed by atoms with Gasteiger partial charge in [0, 0.05) is 6.54 Å². The number of hydrogen-bond acceptors (Lipinski definition) is 3. The first-order chi connectivity index (χ1) is 10.8. The molecule has 3 rings (SSSR count). The highest BCUT2D eigenvalue weighted by Crippen LogP contribution is 2.23. The quantitative estimate of drug-likeness (QED) is 0.835. The first kappa shape index (κ1) is 15.5. The number of rotatable bonds is 5. The van der Waals surface area contributed by atoms with E-state index in [-0.39, 0.29) is 0 Å². The summed E-state index contributed by atoms with van der Waals surface area (Å²) < 4.78 is 0. The third-order valence-corrected chi connectivity index (χ3v) is 5.25. The number of benzene rings is 1. The number of nitriles is 1. The fraction of sp³-hybridized carbons (Fsp3) is 0.632. The predicted molar refractivity (Wildman–Crippen MR) is 89.4 cm³/mol. The van der Waals surface area contributed by atoms with Crippen LogP contribution in [0.3, 0.4) is 0 Å². The lowest BCUT2D eigenvalue weighted by Gasteiger charge is -2.32. The first-order valence-corrected chi connectivity index (χ1v) is 8.77. The molecule has 118 valence electrons. The van der Waals surface area contributed by atoms with Gasteiger partial charge < -0.3 is 4.90 Å². The van der Waals surface area contributed by atoms with Gasteiger partial charge in [0.1, 0.15) is 0 Å². The lowest BCUT2D eigenvalue weighted by atomic mass is 9.93. The van der Waals surface area contributed by atoms with E-state index in [1.165, 1.54) is 70.4 Å². The second-order valence-corrected chi connectivity index (χ2v) is 6.87. The molecule has 22 heavy (non-hydrogen) atoms. The second kappa shape index (κ2) is 7.76. The van der Waals surface area contributed by atoms with Crippen molar-refractivity contribution in [2.75, 3.05) is 32.7 Å². The molecule has 0 radical (unpaired) electrons. The van der Waals surface area contributed by atoms with Crippen molar-refractivity contribution in [1.29, 1.82) is 5.26 Å². The average molecular weight is 297 g/mol. The Balaban J connectivity index is 1.38. The van der Waals surface area contributed by atoms with Crippen LogP contribution in [0.2, 0.25) is 0 Å². The van der Waals surface area contributed by atoms with Crippen LogP contribution in [0.4, 0.5) is 0 Å². The maximum Gasteiger partial charge on any atom is 0.0991 e. The Morgan fingerprint density at radius 2 is 1.64 bits per heavy atom. The fourth-order valence-electron chi connectivity index (χ4n) is 3.75. The van der Waals surface area contributed by atoms with Crippen LogP contribution in [0, 0.1) is 17.2 Å². The predicted octanol–water partition coefficient (Wildman–Crippen LogP) is 3.26. The molecule has 1 aromatic rings. The lowest BCUT2D eigenvalue weighted by molar-refractivity contribution is 0.162. The van der Waals surface area contributed by atoms with Crippen molar-refractivity contribution >= 4 is 0 Å². The fourth-order valence-corrected chi connectivity index (χ4v) is 3.75. The van der Waals surface area contributed by atoms with E-state index in [2.05, 4.69) is 28.0 Å². The summed E-state index contributed by atoms with van der Waals surface area (Å²) in [5.41, 5.74) is 2.08. The summed E-state index contributed by atoms with van der Waals surface area (Å²) >= 11 is 0. The largest absolute Gasteiger partial charge is 0.303 e. The van der Waals surface area contributed by atoms with E-state index in [4.69, 9.17) is 5.26 Å². The highest BCUT2D eigenvalue weighted by molar-refractivity contribution is 5.31. The minimum Gasteiger partial charge on any atom is -0.303 e. The van der Waals surface area contributed by atoms with Gasteiger partial charge in [-0.25, -0.2) is 0 Å². The van der Waals surface area contributed by atoms with Crippen LogP contribution in [0.15, 0.2) is 24.3 Å². The first-order valence-electron chi connectivity index (χ1n) is 8.77. The smallest absolute Gasteiger partial charge is 0.0991 e. The summed E-state index contributed by atoms with van der Waals surface area (Å²) in [4.78, 5) is 5.21. The van der Waals surface area contributed by atoms with Gasteiger partial charge >= 0.3 is 0 Å². The van der Waals surface area contributed by atoms with Gasteiger partial charge in [0.15, 0.2) is 0 Å². The molecule has 2 aliphatic heterocycles. The van der Waals surface area contributed by atoms with Crippen LogP contribution in [-0.4, -0.2) is 42.5 Å². The summed E-state index contributed by atoms with van der Waals surface area (Å²) in [6.07, 6.45) is 6.91. The standard InChI is InChI=1S/C19H27N3/c20-15-18-3-5-19(6-4-18)16-22-13-8-17(9-14-22)7-12-21-10-1-2-11-21/h3-6,17H,1-2,7-14,16H2. The molecular weight excluding hydrogens is 270 g/mol. The molecule has 2 fully saturated rings. The zero-order valence-corrected chi connectivity index (χ0v) is 13.5. The van der Waals surface area contributed by atoms with Crippen molar-refractivity contribution < 1.29 is 0 Å². The Bertz CT molecular complexity index is 488. The zero-order valence-electron chi connectivity index (χ0n) is 13.5. The molecule has 1 aromatic carbocycles. The van der Waals surface area contributed by atoms with Gasteiger partial charge in [0.05, 0.1) is 11.6 Å². The van der Waals surface area contributed by atoms with Crippen LogP contribution in [-0.2, 0) is 6.54 Å². The Morgan fingerprint density at radius 3 is 2.27 bits per heavy atom. The topological polar surface area (TPSA) is 30.3 Å². The third-order valence-electron chi connectivity index (χ3n) is 5.25. The van der Waals surface area contributed by atoms with Crippen LogP contribution >= 0.6 is 0 Å². The van der Waals surface area contributed by atoms with Gasteiger partial charge in [-0.3, -0.25) is 4.90 Å². The molecule has 0 amide bonds. The number of hydrogen-bond donors (Lipinski definition) is 0. The van der Waals surface area contributed by atoms with Crippen LogP contribution < -0.4 is 0 Å². The summed E-state index contributed by atoms with van der Waals surface area (Å²) in [7, 11) is 0. The molecule has 2 saturated heterocycles. The van der Waals surface area contributed by atoms with E-state index in [0.29, 0.717) is 0 Å². The van der Waals surface area contributed by atoms with E-state index in [1.54, 1.807) is 0 Å². The molecule has 2 heterocycles. The summed E-state index contributed by atoms with van der Waals surface area (Å²) in [5, 5.41) is 8.84. The monoisotopic (exact) mass is 297 g/mol. The molecule has 3 nitrogen and oxygen atoms in total. The van der Waals surface area contributed by atoms with Gasteiger partial charge in [-0.05, 0) is 88.4 Å². The molecule has 0 aliphatic carbocycles. The van der Waals surface area contributed by atoms with Crippen molar-refractivity contribution in [2.45, 2.75) is 38.6 Å². The Kier molecular flexibility index (Phi) is 5.48. The Labute approximate surface area is 134 Å². The molecule has 0 N–H and O–H groups in total.